The Morgan fingerprint density at radius 2 is 2.12 bits per heavy atom. The molecule has 0 spiro atoms. The lowest BCUT2D eigenvalue weighted by Crippen LogP contribution is -2.45. The molecule has 90 valence electrons. The second-order valence-corrected chi connectivity index (χ2v) is 5.90. The lowest BCUT2D eigenvalue weighted by molar-refractivity contribution is 0.0167. The van der Waals surface area contributed by atoms with E-state index in [1.807, 2.05) is 25.7 Å². The van der Waals surface area contributed by atoms with E-state index in [9.17, 15) is 4.79 Å². The van der Waals surface area contributed by atoms with Crippen molar-refractivity contribution in [3.8, 4) is 0 Å². The SMILES string of the molecule is CC1=CC2CCC(C1)N2C(=O)OC(C)(C)C. The Bertz CT molecular complexity index is 327. The molecule has 2 rings (SSSR count). The van der Waals surface area contributed by atoms with Crippen molar-refractivity contribution in [2.45, 2.75) is 64.6 Å². The minimum absolute atomic E-state index is 0.149. The Labute approximate surface area is 97.5 Å². The fourth-order valence-electron chi connectivity index (χ4n) is 2.64. The van der Waals surface area contributed by atoms with E-state index in [0.717, 1.165) is 19.3 Å². The van der Waals surface area contributed by atoms with Gasteiger partial charge in [-0.05, 0) is 47.0 Å². The molecular weight excluding hydrogens is 202 g/mol. The number of nitrogens with zero attached hydrogens (tertiary/aromatic N) is 1. The number of carbonyl (C=O) groups is 1. The highest BCUT2D eigenvalue weighted by atomic mass is 16.6. The van der Waals surface area contributed by atoms with E-state index in [1.165, 1.54) is 5.57 Å². The summed E-state index contributed by atoms with van der Waals surface area (Å²) in [4.78, 5) is 14.0. The van der Waals surface area contributed by atoms with Crippen molar-refractivity contribution in [3.05, 3.63) is 11.6 Å². The second kappa shape index (κ2) is 3.79. The first kappa shape index (κ1) is 11.5. The van der Waals surface area contributed by atoms with Gasteiger partial charge in [0.15, 0.2) is 0 Å². The molecule has 1 amide bonds. The van der Waals surface area contributed by atoms with E-state index in [0.29, 0.717) is 6.04 Å². The van der Waals surface area contributed by atoms with Gasteiger partial charge in [-0.15, -0.1) is 0 Å². The van der Waals surface area contributed by atoms with E-state index in [1.54, 1.807) is 0 Å². The van der Waals surface area contributed by atoms with E-state index < -0.39 is 5.60 Å². The van der Waals surface area contributed by atoms with Gasteiger partial charge in [0.05, 0.1) is 6.04 Å². The molecule has 3 heteroatoms. The third-order valence-corrected chi connectivity index (χ3v) is 3.19. The molecule has 2 heterocycles. The van der Waals surface area contributed by atoms with Gasteiger partial charge in [0.2, 0.25) is 0 Å². The summed E-state index contributed by atoms with van der Waals surface area (Å²) < 4.78 is 5.45. The zero-order valence-electron chi connectivity index (χ0n) is 10.6. The third kappa shape index (κ3) is 2.23. The molecule has 0 aromatic rings. The average molecular weight is 223 g/mol. The van der Waals surface area contributed by atoms with Gasteiger partial charge in [-0.3, -0.25) is 4.90 Å². The molecular formula is C13H21NO2. The molecule has 0 radical (unpaired) electrons. The molecule has 0 aliphatic carbocycles. The van der Waals surface area contributed by atoms with Gasteiger partial charge in [-0.1, -0.05) is 11.6 Å². The van der Waals surface area contributed by atoms with Crippen LogP contribution in [0.3, 0.4) is 0 Å². The minimum atomic E-state index is -0.396. The van der Waals surface area contributed by atoms with Gasteiger partial charge >= 0.3 is 6.09 Å². The maximum absolute atomic E-state index is 12.1. The molecule has 2 atom stereocenters. The van der Waals surface area contributed by atoms with Gasteiger partial charge < -0.3 is 4.74 Å². The summed E-state index contributed by atoms with van der Waals surface area (Å²) in [5, 5.41) is 0. The van der Waals surface area contributed by atoms with Crippen LogP contribution >= 0.6 is 0 Å². The lowest BCUT2D eigenvalue weighted by atomic mass is 10.0. The fraction of sp³-hybridized carbons (Fsp3) is 0.769. The largest absolute Gasteiger partial charge is 0.444 e. The van der Waals surface area contributed by atoms with Crippen LogP contribution in [0.4, 0.5) is 4.79 Å². The predicted octanol–water partition coefficient (Wildman–Crippen LogP) is 3.10. The Hall–Kier alpha value is -0.990. The number of hydrogen-bond acceptors (Lipinski definition) is 2. The van der Waals surface area contributed by atoms with Crippen LogP contribution in [0.5, 0.6) is 0 Å². The Balaban J connectivity index is 2.09. The number of amides is 1. The molecule has 0 N–H and O–H groups in total. The molecule has 1 fully saturated rings. The molecule has 2 unspecified atom stereocenters. The van der Waals surface area contributed by atoms with E-state index in [2.05, 4.69) is 13.0 Å². The van der Waals surface area contributed by atoms with E-state index >= 15 is 0 Å². The standard InChI is InChI=1S/C13H21NO2/c1-9-7-10-5-6-11(8-9)14(10)12(15)16-13(2,3)4/h7,10-11H,5-6,8H2,1-4H3. The molecule has 2 aliphatic heterocycles. The summed E-state index contributed by atoms with van der Waals surface area (Å²) in [6, 6.07) is 0.637. The van der Waals surface area contributed by atoms with E-state index in [-0.39, 0.29) is 12.1 Å². The van der Waals surface area contributed by atoms with Gasteiger partial charge in [0.1, 0.15) is 5.60 Å². The molecule has 0 saturated carbocycles. The van der Waals surface area contributed by atoms with Gasteiger partial charge in [0.25, 0.3) is 0 Å². The number of hydrogen-bond donors (Lipinski definition) is 0. The average Bonchev–Trinajstić information content (AvgIpc) is 2.36. The van der Waals surface area contributed by atoms with Gasteiger partial charge in [-0.2, -0.15) is 0 Å². The molecule has 3 nitrogen and oxygen atoms in total. The van der Waals surface area contributed by atoms with Gasteiger partial charge in [0, 0.05) is 6.04 Å². The lowest BCUT2D eigenvalue weighted by Gasteiger charge is -2.34. The van der Waals surface area contributed by atoms with Crippen molar-refractivity contribution in [1.82, 2.24) is 4.90 Å². The van der Waals surface area contributed by atoms with Crippen molar-refractivity contribution < 1.29 is 9.53 Å². The van der Waals surface area contributed by atoms with Crippen LogP contribution in [0.15, 0.2) is 11.6 Å². The van der Waals surface area contributed by atoms with Crippen molar-refractivity contribution in [1.29, 1.82) is 0 Å². The topological polar surface area (TPSA) is 29.5 Å². The quantitative estimate of drug-likeness (QED) is 0.590. The van der Waals surface area contributed by atoms with Crippen LogP contribution in [-0.4, -0.2) is 28.7 Å². The summed E-state index contributed by atoms with van der Waals surface area (Å²) in [7, 11) is 0. The van der Waals surface area contributed by atoms with Crippen LogP contribution in [-0.2, 0) is 4.74 Å². The van der Waals surface area contributed by atoms with Crippen molar-refractivity contribution in [2.75, 3.05) is 0 Å². The van der Waals surface area contributed by atoms with Gasteiger partial charge in [-0.25, -0.2) is 4.79 Å². The molecule has 0 aromatic heterocycles. The molecule has 16 heavy (non-hydrogen) atoms. The van der Waals surface area contributed by atoms with Crippen LogP contribution in [0, 0.1) is 0 Å². The number of fused-ring (bicyclic) bond motifs is 2. The Morgan fingerprint density at radius 1 is 1.44 bits per heavy atom. The summed E-state index contributed by atoms with van der Waals surface area (Å²) in [6.45, 7) is 7.89. The van der Waals surface area contributed by atoms with Crippen molar-refractivity contribution in [3.63, 3.8) is 0 Å². The highest BCUT2D eigenvalue weighted by molar-refractivity contribution is 5.70. The zero-order valence-corrected chi connectivity index (χ0v) is 10.6. The summed E-state index contributed by atoms with van der Waals surface area (Å²) >= 11 is 0. The Morgan fingerprint density at radius 3 is 2.69 bits per heavy atom. The van der Waals surface area contributed by atoms with Crippen LogP contribution in [0.1, 0.15) is 47.0 Å². The number of carbonyl (C=O) groups excluding carboxylic acids is 1. The molecule has 2 bridgehead atoms. The van der Waals surface area contributed by atoms with Crippen LogP contribution in [0.2, 0.25) is 0 Å². The maximum Gasteiger partial charge on any atom is 0.411 e. The number of rotatable bonds is 0. The highest BCUT2D eigenvalue weighted by Gasteiger charge is 2.40. The van der Waals surface area contributed by atoms with E-state index in [4.69, 9.17) is 4.74 Å². The second-order valence-electron chi connectivity index (χ2n) is 5.90. The maximum atomic E-state index is 12.1. The first-order valence-corrected chi connectivity index (χ1v) is 6.05. The smallest absolute Gasteiger partial charge is 0.411 e. The minimum Gasteiger partial charge on any atom is -0.444 e. The summed E-state index contributed by atoms with van der Waals surface area (Å²) in [5.74, 6) is 0. The normalized spacial score (nSPS) is 29.0. The Kier molecular flexibility index (Phi) is 2.72. The first-order valence-electron chi connectivity index (χ1n) is 6.05. The fourth-order valence-corrected chi connectivity index (χ4v) is 2.64. The number of ether oxygens (including phenoxy) is 1. The van der Waals surface area contributed by atoms with Crippen molar-refractivity contribution in [2.24, 2.45) is 0 Å². The highest BCUT2D eigenvalue weighted by Crippen LogP contribution is 2.35. The summed E-state index contributed by atoms with van der Waals surface area (Å²) in [5.41, 5.74) is 1.01. The predicted molar refractivity (Wildman–Crippen MR) is 63.3 cm³/mol. The first-order chi connectivity index (χ1) is 7.37. The molecule has 1 saturated heterocycles. The van der Waals surface area contributed by atoms with Crippen molar-refractivity contribution >= 4 is 6.09 Å². The monoisotopic (exact) mass is 223 g/mol. The van der Waals surface area contributed by atoms with Crippen LogP contribution in [0.25, 0.3) is 0 Å². The zero-order chi connectivity index (χ0) is 11.9. The summed E-state index contributed by atoms with van der Waals surface area (Å²) in [6.07, 6.45) is 5.27. The molecule has 0 aromatic carbocycles. The third-order valence-electron chi connectivity index (χ3n) is 3.19. The van der Waals surface area contributed by atoms with Crippen LogP contribution < -0.4 is 0 Å². The molecule has 2 aliphatic rings.